The Hall–Kier alpha value is -2.71. The molecule has 0 radical (unpaired) electrons. The summed E-state index contributed by atoms with van der Waals surface area (Å²) >= 11 is 1.34. The van der Waals surface area contributed by atoms with Crippen LogP contribution in [0.2, 0.25) is 0 Å². The van der Waals surface area contributed by atoms with Crippen LogP contribution in [0.5, 0.6) is 0 Å². The van der Waals surface area contributed by atoms with Crippen molar-refractivity contribution in [1.29, 1.82) is 0 Å². The Kier molecular flexibility index (Phi) is 7.55. The molecule has 1 amide bonds. The van der Waals surface area contributed by atoms with Crippen molar-refractivity contribution >= 4 is 23.4 Å². The summed E-state index contributed by atoms with van der Waals surface area (Å²) in [6.07, 6.45) is 3.70. The number of anilines is 1. The van der Waals surface area contributed by atoms with Gasteiger partial charge in [-0.25, -0.2) is 4.39 Å². The van der Waals surface area contributed by atoms with E-state index in [9.17, 15) is 9.18 Å². The van der Waals surface area contributed by atoms with Gasteiger partial charge in [0.2, 0.25) is 5.91 Å². The average Bonchev–Trinajstić information content (AvgIpc) is 3.17. The SMILES string of the molecule is CC(Sc1nnc(CN2CCCCC2)n1Cc1ccccc1)C(=O)Nc1ccccc1F. The Morgan fingerprint density at radius 3 is 2.50 bits per heavy atom. The number of nitrogens with one attached hydrogen (secondary N) is 1. The molecule has 32 heavy (non-hydrogen) atoms. The second-order valence-corrected chi connectivity index (χ2v) is 9.34. The van der Waals surface area contributed by atoms with Gasteiger partial charge in [-0.15, -0.1) is 10.2 Å². The molecule has 0 saturated carbocycles. The lowest BCUT2D eigenvalue weighted by atomic mass is 10.1. The molecule has 1 fully saturated rings. The molecule has 8 heteroatoms. The number of halogens is 1. The van der Waals surface area contributed by atoms with E-state index in [1.165, 1.54) is 37.1 Å². The highest BCUT2D eigenvalue weighted by molar-refractivity contribution is 8.00. The topological polar surface area (TPSA) is 63.1 Å². The summed E-state index contributed by atoms with van der Waals surface area (Å²) in [5, 5.41) is 11.8. The summed E-state index contributed by atoms with van der Waals surface area (Å²) in [7, 11) is 0. The molecule has 1 aromatic heterocycles. The molecular weight excluding hydrogens is 425 g/mol. The number of rotatable bonds is 8. The van der Waals surface area contributed by atoms with Crippen LogP contribution in [0.4, 0.5) is 10.1 Å². The zero-order chi connectivity index (χ0) is 22.3. The molecule has 4 rings (SSSR count). The molecule has 1 saturated heterocycles. The number of carbonyl (C=O) groups excluding carboxylic acids is 1. The predicted molar refractivity (Wildman–Crippen MR) is 125 cm³/mol. The van der Waals surface area contributed by atoms with E-state index >= 15 is 0 Å². The Morgan fingerprint density at radius 1 is 1.03 bits per heavy atom. The molecule has 168 valence electrons. The van der Waals surface area contributed by atoms with Crippen molar-refractivity contribution in [3.8, 4) is 0 Å². The molecule has 0 bridgehead atoms. The maximum Gasteiger partial charge on any atom is 0.237 e. The van der Waals surface area contributed by atoms with E-state index in [0.717, 1.165) is 31.0 Å². The van der Waals surface area contributed by atoms with E-state index < -0.39 is 11.1 Å². The number of hydrogen-bond donors (Lipinski definition) is 1. The molecule has 0 spiro atoms. The summed E-state index contributed by atoms with van der Waals surface area (Å²) in [6, 6.07) is 16.4. The lowest BCUT2D eigenvalue weighted by Gasteiger charge is -2.26. The van der Waals surface area contributed by atoms with Crippen LogP contribution in [0, 0.1) is 5.82 Å². The predicted octanol–water partition coefficient (Wildman–Crippen LogP) is 4.57. The standard InChI is InChI=1S/C24H28FN5OS/c1-18(23(31)26-21-13-7-6-12-20(21)25)32-24-28-27-22(17-29-14-8-3-9-15-29)30(24)16-19-10-4-2-5-11-19/h2,4-7,10-13,18H,3,8-9,14-17H2,1H3,(H,26,31). The summed E-state index contributed by atoms with van der Waals surface area (Å²) in [6.45, 7) is 5.33. The highest BCUT2D eigenvalue weighted by Gasteiger charge is 2.22. The lowest BCUT2D eigenvalue weighted by molar-refractivity contribution is -0.115. The number of benzene rings is 2. The third-order valence-corrected chi connectivity index (χ3v) is 6.65. The van der Waals surface area contributed by atoms with E-state index in [1.807, 2.05) is 18.2 Å². The number of likely N-dealkylation sites (tertiary alicyclic amines) is 1. The molecule has 1 unspecified atom stereocenters. The molecular formula is C24H28FN5OS. The first-order chi connectivity index (χ1) is 15.6. The van der Waals surface area contributed by atoms with Gasteiger partial charge >= 0.3 is 0 Å². The van der Waals surface area contributed by atoms with Crippen LogP contribution < -0.4 is 5.32 Å². The first-order valence-electron chi connectivity index (χ1n) is 11.0. The van der Waals surface area contributed by atoms with E-state index in [4.69, 9.17) is 0 Å². The van der Waals surface area contributed by atoms with Crippen molar-refractivity contribution in [3.63, 3.8) is 0 Å². The van der Waals surface area contributed by atoms with Crippen LogP contribution in [-0.2, 0) is 17.9 Å². The Balaban J connectivity index is 1.51. The largest absolute Gasteiger partial charge is 0.323 e. The molecule has 2 aromatic carbocycles. The minimum absolute atomic E-state index is 0.182. The monoisotopic (exact) mass is 453 g/mol. The highest BCUT2D eigenvalue weighted by Crippen LogP contribution is 2.26. The van der Waals surface area contributed by atoms with Crippen molar-refractivity contribution in [2.75, 3.05) is 18.4 Å². The second-order valence-electron chi connectivity index (χ2n) is 8.04. The summed E-state index contributed by atoms with van der Waals surface area (Å²) < 4.78 is 16.0. The molecule has 2 heterocycles. The Labute approximate surface area is 192 Å². The third-order valence-electron chi connectivity index (χ3n) is 5.57. The molecule has 1 aliphatic rings. The van der Waals surface area contributed by atoms with Gasteiger partial charge < -0.3 is 9.88 Å². The number of piperidine rings is 1. The molecule has 0 aliphatic carbocycles. The van der Waals surface area contributed by atoms with Crippen LogP contribution >= 0.6 is 11.8 Å². The zero-order valence-electron chi connectivity index (χ0n) is 18.2. The number of carbonyl (C=O) groups is 1. The van der Waals surface area contributed by atoms with Gasteiger partial charge in [-0.05, 0) is 50.6 Å². The average molecular weight is 454 g/mol. The zero-order valence-corrected chi connectivity index (χ0v) is 19.0. The highest BCUT2D eigenvalue weighted by atomic mass is 32.2. The number of amides is 1. The maximum absolute atomic E-state index is 13.9. The van der Waals surface area contributed by atoms with Crippen molar-refractivity contribution in [2.45, 2.75) is 49.7 Å². The van der Waals surface area contributed by atoms with Gasteiger partial charge in [-0.3, -0.25) is 9.69 Å². The Bertz CT molecular complexity index is 1040. The second kappa shape index (κ2) is 10.7. The number of hydrogen-bond acceptors (Lipinski definition) is 5. The van der Waals surface area contributed by atoms with Crippen LogP contribution in [0.3, 0.4) is 0 Å². The molecule has 1 atom stereocenters. The van der Waals surface area contributed by atoms with E-state index in [-0.39, 0.29) is 11.6 Å². The molecule has 3 aromatic rings. The van der Waals surface area contributed by atoms with Gasteiger partial charge in [0.25, 0.3) is 0 Å². The summed E-state index contributed by atoms with van der Waals surface area (Å²) in [5.41, 5.74) is 1.33. The quantitative estimate of drug-likeness (QED) is 0.506. The van der Waals surface area contributed by atoms with E-state index in [1.54, 1.807) is 25.1 Å². The Morgan fingerprint density at radius 2 is 1.75 bits per heavy atom. The van der Waals surface area contributed by atoms with Crippen molar-refractivity contribution in [3.05, 3.63) is 71.8 Å². The number of aromatic nitrogens is 3. The van der Waals surface area contributed by atoms with Crippen molar-refractivity contribution in [1.82, 2.24) is 19.7 Å². The van der Waals surface area contributed by atoms with Gasteiger partial charge in [0.05, 0.1) is 24.0 Å². The fourth-order valence-corrected chi connectivity index (χ4v) is 4.64. The molecule has 1 N–H and O–H groups in total. The summed E-state index contributed by atoms with van der Waals surface area (Å²) in [5.74, 6) is 0.181. The number of para-hydroxylation sites is 1. The van der Waals surface area contributed by atoms with Crippen LogP contribution in [-0.4, -0.2) is 43.9 Å². The summed E-state index contributed by atoms with van der Waals surface area (Å²) in [4.78, 5) is 15.1. The normalized spacial score (nSPS) is 15.4. The maximum atomic E-state index is 13.9. The van der Waals surface area contributed by atoms with Crippen molar-refractivity contribution < 1.29 is 9.18 Å². The minimum Gasteiger partial charge on any atom is -0.323 e. The van der Waals surface area contributed by atoms with Crippen LogP contribution in [0.15, 0.2) is 59.8 Å². The fraction of sp³-hybridized carbons (Fsp3) is 0.375. The lowest BCUT2D eigenvalue weighted by Crippen LogP contribution is -2.30. The van der Waals surface area contributed by atoms with Gasteiger partial charge in [0.15, 0.2) is 5.16 Å². The first kappa shape index (κ1) is 22.5. The molecule has 1 aliphatic heterocycles. The van der Waals surface area contributed by atoms with Gasteiger partial charge in [0.1, 0.15) is 11.6 Å². The van der Waals surface area contributed by atoms with Crippen LogP contribution in [0.25, 0.3) is 0 Å². The van der Waals surface area contributed by atoms with Gasteiger partial charge in [0, 0.05) is 0 Å². The van der Waals surface area contributed by atoms with E-state index in [2.05, 4.69) is 37.1 Å². The van der Waals surface area contributed by atoms with E-state index in [0.29, 0.717) is 11.7 Å². The number of thioether (sulfide) groups is 1. The van der Waals surface area contributed by atoms with Gasteiger partial charge in [-0.2, -0.15) is 0 Å². The first-order valence-corrected chi connectivity index (χ1v) is 11.9. The van der Waals surface area contributed by atoms with Crippen molar-refractivity contribution in [2.24, 2.45) is 0 Å². The minimum atomic E-state index is -0.462. The third kappa shape index (κ3) is 5.75. The van der Waals surface area contributed by atoms with Gasteiger partial charge in [-0.1, -0.05) is 60.6 Å². The number of nitrogens with zero attached hydrogens (tertiary/aromatic N) is 4. The fourth-order valence-electron chi connectivity index (χ4n) is 3.77. The van der Waals surface area contributed by atoms with Crippen LogP contribution in [0.1, 0.15) is 37.6 Å². The smallest absolute Gasteiger partial charge is 0.237 e. The molecule has 6 nitrogen and oxygen atoms in total.